The van der Waals surface area contributed by atoms with Gasteiger partial charge in [-0.25, -0.2) is 4.98 Å². The molecule has 0 aliphatic carbocycles. The summed E-state index contributed by atoms with van der Waals surface area (Å²) in [4.78, 5) is 11.7. The highest BCUT2D eigenvalue weighted by atomic mass is 35.5. The van der Waals surface area contributed by atoms with Gasteiger partial charge in [-0.1, -0.05) is 23.7 Å². The molecule has 0 saturated carbocycles. The van der Waals surface area contributed by atoms with Crippen molar-refractivity contribution in [1.29, 1.82) is 0 Å². The van der Waals surface area contributed by atoms with Gasteiger partial charge < -0.3 is 4.98 Å². The minimum atomic E-state index is 0.575. The van der Waals surface area contributed by atoms with E-state index in [9.17, 15) is 0 Å². The second-order valence-corrected chi connectivity index (χ2v) is 5.49. The number of fused-ring (bicyclic) bond motifs is 2. The summed E-state index contributed by atoms with van der Waals surface area (Å²) in [5.74, 6) is 0. The number of pyridine rings is 2. The molecule has 4 rings (SSSR count). The Labute approximate surface area is 130 Å². The molecule has 0 atom stereocenters. The molecule has 3 aromatic heterocycles. The molecule has 0 aliphatic rings. The average molecular weight is 313 g/mol. The molecular weight excluding hydrogens is 304 g/mol. The van der Waals surface area contributed by atoms with Crippen LogP contribution in [-0.4, -0.2) is 19.5 Å². The summed E-state index contributed by atoms with van der Waals surface area (Å²) in [6.45, 7) is 0. The Kier molecular flexibility index (Phi) is 2.77. The Bertz CT molecular complexity index is 1030. The number of nitrogens with zero attached hydrogens (tertiary/aromatic N) is 3. The second kappa shape index (κ2) is 4.65. The van der Waals surface area contributed by atoms with E-state index in [0.29, 0.717) is 9.79 Å². The number of benzene rings is 1. The summed E-state index contributed by atoms with van der Waals surface area (Å²) in [5.41, 5.74) is 2.51. The molecule has 0 bridgehead atoms. The molecule has 4 aromatic rings. The van der Waals surface area contributed by atoms with E-state index < -0.39 is 0 Å². The van der Waals surface area contributed by atoms with Crippen LogP contribution in [0.15, 0.2) is 48.9 Å². The van der Waals surface area contributed by atoms with Crippen LogP contribution < -0.4 is 0 Å². The van der Waals surface area contributed by atoms with E-state index in [-0.39, 0.29) is 0 Å². The van der Waals surface area contributed by atoms with Crippen LogP contribution in [0.3, 0.4) is 0 Å². The summed E-state index contributed by atoms with van der Waals surface area (Å²) < 4.78 is 2.49. The zero-order valence-corrected chi connectivity index (χ0v) is 12.3. The standard InChI is InChI=1S/C15H9ClN4S/c16-10-6-12-14(18-7-10)20(15(21)19-12)13-3-1-2-9-4-5-17-8-11(9)13/h1-8H,(H,19,21). The molecule has 0 aliphatic heterocycles. The van der Waals surface area contributed by atoms with Crippen LogP contribution in [0.25, 0.3) is 27.6 Å². The highest BCUT2D eigenvalue weighted by molar-refractivity contribution is 7.71. The minimum absolute atomic E-state index is 0.575. The van der Waals surface area contributed by atoms with Gasteiger partial charge in [0.25, 0.3) is 0 Å². The molecule has 21 heavy (non-hydrogen) atoms. The van der Waals surface area contributed by atoms with Gasteiger partial charge in [0, 0.05) is 24.0 Å². The number of halogens is 1. The van der Waals surface area contributed by atoms with Gasteiger partial charge in [0.15, 0.2) is 10.4 Å². The lowest BCUT2D eigenvalue weighted by molar-refractivity contribution is 1.05. The van der Waals surface area contributed by atoms with E-state index in [1.54, 1.807) is 12.4 Å². The Balaban J connectivity index is 2.14. The SMILES string of the molecule is S=c1[nH]c2cc(Cl)cnc2n1-c1cccc2ccncc12. The lowest BCUT2D eigenvalue weighted by Crippen LogP contribution is -1.97. The van der Waals surface area contributed by atoms with E-state index in [0.717, 1.165) is 27.6 Å². The van der Waals surface area contributed by atoms with Crippen molar-refractivity contribution in [2.45, 2.75) is 0 Å². The topological polar surface area (TPSA) is 46.5 Å². The fraction of sp³-hybridized carbons (Fsp3) is 0. The Hall–Kier alpha value is -2.24. The molecule has 1 aromatic carbocycles. The fourth-order valence-corrected chi connectivity index (χ4v) is 2.94. The van der Waals surface area contributed by atoms with Gasteiger partial charge >= 0.3 is 0 Å². The zero-order chi connectivity index (χ0) is 14.4. The largest absolute Gasteiger partial charge is 0.329 e. The third-order valence-electron chi connectivity index (χ3n) is 3.39. The highest BCUT2D eigenvalue weighted by Gasteiger charge is 2.11. The van der Waals surface area contributed by atoms with Crippen molar-refractivity contribution in [3.05, 3.63) is 58.7 Å². The first-order chi connectivity index (χ1) is 10.2. The predicted octanol–water partition coefficient (Wildman–Crippen LogP) is 4.28. The number of hydrogen-bond acceptors (Lipinski definition) is 3. The van der Waals surface area contributed by atoms with Crippen molar-refractivity contribution in [3.63, 3.8) is 0 Å². The van der Waals surface area contributed by atoms with E-state index in [1.165, 1.54) is 0 Å². The summed E-state index contributed by atoms with van der Waals surface area (Å²) in [6.07, 6.45) is 5.23. The Morgan fingerprint density at radius 3 is 3.00 bits per heavy atom. The molecule has 0 saturated heterocycles. The summed E-state index contributed by atoms with van der Waals surface area (Å²) in [7, 11) is 0. The Morgan fingerprint density at radius 2 is 2.10 bits per heavy atom. The summed E-state index contributed by atoms with van der Waals surface area (Å²) in [5, 5.41) is 2.70. The summed E-state index contributed by atoms with van der Waals surface area (Å²) in [6, 6.07) is 9.84. The molecule has 0 unspecified atom stereocenters. The molecule has 0 fully saturated rings. The maximum atomic E-state index is 5.99. The smallest absolute Gasteiger partial charge is 0.184 e. The fourth-order valence-electron chi connectivity index (χ4n) is 2.49. The van der Waals surface area contributed by atoms with Crippen LogP contribution >= 0.6 is 23.8 Å². The maximum Gasteiger partial charge on any atom is 0.184 e. The van der Waals surface area contributed by atoms with Crippen molar-refractivity contribution in [2.75, 3.05) is 0 Å². The van der Waals surface area contributed by atoms with E-state index in [2.05, 4.69) is 15.0 Å². The van der Waals surface area contributed by atoms with Crippen LogP contribution in [-0.2, 0) is 0 Å². The van der Waals surface area contributed by atoms with Crippen LogP contribution in [0.2, 0.25) is 5.02 Å². The van der Waals surface area contributed by atoms with E-state index in [4.69, 9.17) is 23.8 Å². The van der Waals surface area contributed by atoms with Gasteiger partial charge in [0.05, 0.1) is 16.2 Å². The van der Waals surface area contributed by atoms with E-state index in [1.807, 2.05) is 41.1 Å². The van der Waals surface area contributed by atoms with Crippen molar-refractivity contribution in [3.8, 4) is 5.69 Å². The van der Waals surface area contributed by atoms with Crippen LogP contribution in [0.5, 0.6) is 0 Å². The number of aromatic nitrogens is 4. The molecule has 0 radical (unpaired) electrons. The molecular formula is C15H9ClN4S. The van der Waals surface area contributed by atoms with Crippen molar-refractivity contribution in [2.24, 2.45) is 0 Å². The van der Waals surface area contributed by atoms with Gasteiger partial charge in [-0.15, -0.1) is 0 Å². The second-order valence-electron chi connectivity index (χ2n) is 4.66. The molecule has 6 heteroatoms. The van der Waals surface area contributed by atoms with E-state index >= 15 is 0 Å². The molecule has 102 valence electrons. The van der Waals surface area contributed by atoms with Crippen molar-refractivity contribution < 1.29 is 0 Å². The van der Waals surface area contributed by atoms with Crippen molar-refractivity contribution >= 4 is 45.8 Å². The summed E-state index contributed by atoms with van der Waals surface area (Å²) >= 11 is 11.4. The quantitative estimate of drug-likeness (QED) is 0.533. The minimum Gasteiger partial charge on any atom is -0.329 e. The Morgan fingerprint density at radius 1 is 1.19 bits per heavy atom. The van der Waals surface area contributed by atoms with Gasteiger partial charge in [0.1, 0.15) is 0 Å². The van der Waals surface area contributed by atoms with Crippen LogP contribution in [0.1, 0.15) is 0 Å². The number of imidazole rings is 1. The number of hydrogen-bond donors (Lipinski definition) is 1. The normalized spacial score (nSPS) is 11.3. The number of aromatic amines is 1. The molecule has 4 nitrogen and oxygen atoms in total. The number of nitrogens with one attached hydrogen (secondary N) is 1. The first-order valence-electron chi connectivity index (χ1n) is 6.33. The number of H-pyrrole nitrogens is 1. The zero-order valence-electron chi connectivity index (χ0n) is 10.7. The monoisotopic (exact) mass is 312 g/mol. The van der Waals surface area contributed by atoms with Crippen molar-refractivity contribution in [1.82, 2.24) is 19.5 Å². The maximum absolute atomic E-state index is 5.99. The van der Waals surface area contributed by atoms with Gasteiger partial charge in [-0.3, -0.25) is 9.55 Å². The number of rotatable bonds is 1. The average Bonchev–Trinajstić information content (AvgIpc) is 2.81. The molecule has 1 N–H and O–H groups in total. The van der Waals surface area contributed by atoms with Gasteiger partial charge in [0.2, 0.25) is 0 Å². The van der Waals surface area contributed by atoms with Crippen LogP contribution in [0, 0.1) is 4.77 Å². The lowest BCUT2D eigenvalue weighted by Gasteiger charge is -2.07. The third kappa shape index (κ3) is 1.93. The van der Waals surface area contributed by atoms with Gasteiger partial charge in [-0.05, 0) is 35.8 Å². The lowest BCUT2D eigenvalue weighted by atomic mass is 10.1. The predicted molar refractivity (Wildman–Crippen MR) is 86.6 cm³/mol. The first kappa shape index (κ1) is 12.5. The van der Waals surface area contributed by atoms with Crippen LogP contribution in [0.4, 0.5) is 0 Å². The van der Waals surface area contributed by atoms with Gasteiger partial charge in [-0.2, -0.15) is 0 Å². The highest BCUT2D eigenvalue weighted by Crippen LogP contribution is 2.25. The molecule has 3 heterocycles. The third-order valence-corrected chi connectivity index (χ3v) is 3.88. The first-order valence-corrected chi connectivity index (χ1v) is 7.12. The molecule has 0 spiro atoms. The molecule has 0 amide bonds.